The number of hydrogen-bond acceptors (Lipinski definition) is 6. The SMILES string of the molecule is Cc1cc(-c2n[nH]c(C(=O)NC3CCN(C(C)CCS(=O)O)CC3)c2C(C)C)cn2ncnc12. The summed E-state index contributed by atoms with van der Waals surface area (Å²) in [5, 5.41) is 15.0. The predicted octanol–water partition coefficient (Wildman–Crippen LogP) is 2.75. The number of H-pyrrole nitrogens is 1. The number of piperidine rings is 1. The fraction of sp³-hybridized carbons (Fsp3) is 0.565. The molecule has 0 spiro atoms. The predicted molar refractivity (Wildman–Crippen MR) is 131 cm³/mol. The molecule has 0 bridgehead atoms. The first-order valence-corrected chi connectivity index (χ1v) is 13.0. The fourth-order valence-electron chi connectivity index (χ4n) is 4.73. The number of fused-ring (bicyclic) bond motifs is 1. The van der Waals surface area contributed by atoms with Crippen LogP contribution in [0.4, 0.5) is 0 Å². The molecular weight excluding hydrogens is 454 g/mol. The lowest BCUT2D eigenvalue weighted by Gasteiger charge is -2.36. The molecule has 1 fully saturated rings. The molecule has 1 aliphatic rings. The van der Waals surface area contributed by atoms with Crippen LogP contribution in [-0.2, 0) is 11.1 Å². The van der Waals surface area contributed by atoms with Crippen LogP contribution in [0.1, 0.15) is 67.6 Å². The highest BCUT2D eigenvalue weighted by atomic mass is 32.2. The van der Waals surface area contributed by atoms with Gasteiger partial charge in [-0.3, -0.25) is 9.89 Å². The van der Waals surface area contributed by atoms with Gasteiger partial charge in [0, 0.05) is 42.5 Å². The maximum atomic E-state index is 13.2. The van der Waals surface area contributed by atoms with Gasteiger partial charge in [0.25, 0.3) is 5.91 Å². The minimum Gasteiger partial charge on any atom is -0.348 e. The summed E-state index contributed by atoms with van der Waals surface area (Å²) in [6, 6.07) is 2.36. The Morgan fingerprint density at radius 3 is 2.74 bits per heavy atom. The lowest BCUT2D eigenvalue weighted by atomic mass is 9.96. The molecule has 3 aromatic heterocycles. The lowest BCUT2D eigenvalue weighted by molar-refractivity contribution is 0.0889. The number of carbonyl (C=O) groups is 1. The summed E-state index contributed by atoms with van der Waals surface area (Å²) in [5.41, 5.74) is 4.83. The molecule has 184 valence electrons. The van der Waals surface area contributed by atoms with Crippen LogP contribution in [-0.4, -0.2) is 75.3 Å². The van der Waals surface area contributed by atoms with Gasteiger partial charge >= 0.3 is 0 Å². The number of rotatable bonds is 8. The lowest BCUT2D eigenvalue weighted by Crippen LogP contribution is -2.47. The quantitative estimate of drug-likeness (QED) is 0.417. The summed E-state index contributed by atoms with van der Waals surface area (Å²) >= 11 is -1.75. The topological polar surface area (TPSA) is 129 Å². The number of amides is 1. The second-order valence-electron chi connectivity index (χ2n) is 9.40. The third-order valence-electron chi connectivity index (χ3n) is 6.64. The Balaban J connectivity index is 1.46. The van der Waals surface area contributed by atoms with Crippen molar-refractivity contribution in [1.29, 1.82) is 0 Å². The van der Waals surface area contributed by atoms with E-state index in [1.807, 2.05) is 19.2 Å². The Morgan fingerprint density at radius 1 is 1.32 bits per heavy atom. The number of hydrogen-bond donors (Lipinski definition) is 3. The molecule has 1 saturated heterocycles. The summed E-state index contributed by atoms with van der Waals surface area (Å²) in [6.45, 7) is 9.90. The number of pyridine rings is 1. The van der Waals surface area contributed by atoms with Crippen LogP contribution in [0.3, 0.4) is 0 Å². The Hall–Kier alpha value is -2.63. The largest absolute Gasteiger partial charge is 0.348 e. The average molecular weight is 488 g/mol. The van der Waals surface area contributed by atoms with E-state index >= 15 is 0 Å². The third-order valence-corrected chi connectivity index (χ3v) is 7.22. The van der Waals surface area contributed by atoms with Crippen molar-refractivity contribution in [2.24, 2.45) is 0 Å². The maximum Gasteiger partial charge on any atom is 0.269 e. The second-order valence-corrected chi connectivity index (χ2v) is 10.5. The molecule has 4 rings (SSSR count). The highest BCUT2D eigenvalue weighted by molar-refractivity contribution is 7.79. The molecule has 0 radical (unpaired) electrons. The van der Waals surface area contributed by atoms with E-state index in [4.69, 9.17) is 4.55 Å². The number of aryl methyl sites for hydroxylation is 1. The van der Waals surface area contributed by atoms with Crippen molar-refractivity contribution in [3.05, 3.63) is 35.4 Å². The minimum absolute atomic E-state index is 0.0865. The molecule has 34 heavy (non-hydrogen) atoms. The Labute approximate surface area is 201 Å². The molecule has 0 saturated carbocycles. The van der Waals surface area contributed by atoms with E-state index in [0.717, 1.165) is 54.0 Å². The van der Waals surface area contributed by atoms with Gasteiger partial charge in [-0.1, -0.05) is 13.8 Å². The zero-order valence-corrected chi connectivity index (χ0v) is 20.9. The summed E-state index contributed by atoms with van der Waals surface area (Å²) in [5.74, 6) is 0.255. The first kappa shape index (κ1) is 24.5. The summed E-state index contributed by atoms with van der Waals surface area (Å²) in [4.78, 5) is 19.8. The maximum absolute atomic E-state index is 13.2. The zero-order valence-electron chi connectivity index (χ0n) is 20.1. The van der Waals surface area contributed by atoms with Crippen molar-refractivity contribution >= 4 is 22.6 Å². The van der Waals surface area contributed by atoms with Crippen LogP contribution in [0.25, 0.3) is 16.9 Å². The van der Waals surface area contributed by atoms with Gasteiger partial charge in [-0.15, -0.1) is 0 Å². The number of nitrogens with one attached hydrogen (secondary N) is 2. The molecular formula is C23H33N7O3S. The summed E-state index contributed by atoms with van der Waals surface area (Å²) < 4.78 is 21.7. The second kappa shape index (κ2) is 10.3. The van der Waals surface area contributed by atoms with Crippen LogP contribution >= 0.6 is 0 Å². The minimum atomic E-state index is -1.75. The first-order valence-electron chi connectivity index (χ1n) is 11.8. The van der Waals surface area contributed by atoms with E-state index in [9.17, 15) is 9.00 Å². The zero-order chi connectivity index (χ0) is 24.4. The normalized spacial score (nSPS) is 17.4. The third kappa shape index (κ3) is 5.21. The number of aromatic amines is 1. The van der Waals surface area contributed by atoms with Gasteiger partial charge in [0.1, 0.15) is 12.0 Å². The number of nitrogens with zero attached hydrogens (tertiary/aromatic N) is 5. The van der Waals surface area contributed by atoms with Crippen LogP contribution in [0.15, 0.2) is 18.6 Å². The van der Waals surface area contributed by atoms with Crippen molar-refractivity contribution < 1.29 is 13.6 Å². The van der Waals surface area contributed by atoms with Gasteiger partial charge in [0.2, 0.25) is 0 Å². The van der Waals surface area contributed by atoms with Crippen molar-refractivity contribution in [2.45, 2.75) is 65.0 Å². The molecule has 0 aromatic carbocycles. The van der Waals surface area contributed by atoms with Gasteiger partial charge in [0.05, 0.1) is 11.4 Å². The first-order chi connectivity index (χ1) is 16.2. The summed E-state index contributed by atoms with van der Waals surface area (Å²) in [6.07, 6.45) is 5.80. The van der Waals surface area contributed by atoms with Crippen molar-refractivity contribution in [2.75, 3.05) is 18.8 Å². The van der Waals surface area contributed by atoms with E-state index in [1.165, 1.54) is 6.33 Å². The molecule has 2 atom stereocenters. The molecule has 3 aromatic rings. The molecule has 4 heterocycles. The van der Waals surface area contributed by atoms with Crippen LogP contribution in [0.5, 0.6) is 0 Å². The van der Waals surface area contributed by atoms with Crippen molar-refractivity contribution in [3.63, 3.8) is 0 Å². The number of carbonyl (C=O) groups excluding carboxylic acids is 1. The van der Waals surface area contributed by atoms with E-state index in [1.54, 1.807) is 4.52 Å². The monoisotopic (exact) mass is 487 g/mol. The Kier molecular flexibility index (Phi) is 7.44. The van der Waals surface area contributed by atoms with Gasteiger partial charge in [-0.25, -0.2) is 13.7 Å². The van der Waals surface area contributed by atoms with Crippen LogP contribution < -0.4 is 5.32 Å². The smallest absolute Gasteiger partial charge is 0.269 e. The molecule has 3 N–H and O–H groups in total. The van der Waals surface area contributed by atoms with E-state index in [-0.39, 0.29) is 23.9 Å². The van der Waals surface area contributed by atoms with Gasteiger partial charge in [-0.05, 0) is 50.7 Å². The fourth-order valence-corrected chi connectivity index (χ4v) is 5.27. The van der Waals surface area contributed by atoms with Gasteiger partial charge < -0.3 is 14.8 Å². The molecule has 11 heteroatoms. The molecule has 1 aliphatic heterocycles. The van der Waals surface area contributed by atoms with E-state index < -0.39 is 11.1 Å². The van der Waals surface area contributed by atoms with Crippen LogP contribution in [0, 0.1) is 6.92 Å². The van der Waals surface area contributed by atoms with E-state index in [0.29, 0.717) is 17.9 Å². The Morgan fingerprint density at radius 2 is 2.06 bits per heavy atom. The molecule has 10 nitrogen and oxygen atoms in total. The highest BCUT2D eigenvalue weighted by Gasteiger charge is 2.27. The average Bonchev–Trinajstić information content (AvgIpc) is 3.45. The number of aromatic nitrogens is 5. The standard InChI is InChI=1S/C23H33N7O3S/c1-14(2)19-20(17-11-15(3)22-24-13-25-30(22)12-17)27-28-21(19)23(31)26-18-5-8-29(9-6-18)16(4)7-10-34(32)33/h11-14,16,18H,5-10H2,1-4H3,(H,26,31)(H,27,28)(H,32,33). The molecule has 2 unspecified atom stereocenters. The highest BCUT2D eigenvalue weighted by Crippen LogP contribution is 2.31. The van der Waals surface area contributed by atoms with Crippen molar-refractivity contribution in [3.8, 4) is 11.3 Å². The van der Waals surface area contributed by atoms with Gasteiger partial charge in [-0.2, -0.15) is 10.2 Å². The van der Waals surface area contributed by atoms with Gasteiger partial charge in [0.15, 0.2) is 16.7 Å². The van der Waals surface area contributed by atoms with Crippen LogP contribution in [0.2, 0.25) is 0 Å². The number of likely N-dealkylation sites (tertiary alicyclic amines) is 1. The Bertz CT molecular complexity index is 1180. The van der Waals surface area contributed by atoms with Crippen molar-refractivity contribution in [1.82, 2.24) is 35.0 Å². The summed E-state index contributed by atoms with van der Waals surface area (Å²) in [7, 11) is 0. The van der Waals surface area contributed by atoms with E-state index in [2.05, 4.69) is 51.3 Å². The molecule has 1 amide bonds. The molecule has 0 aliphatic carbocycles.